The normalized spacial score (nSPS) is 41.5. The van der Waals surface area contributed by atoms with Crippen molar-refractivity contribution in [3.05, 3.63) is 34.4 Å². The number of rotatable bonds is 18. The summed E-state index contributed by atoms with van der Waals surface area (Å²) in [6, 6.07) is 0. The number of fused-ring (bicyclic) bond motifs is 10. The van der Waals surface area contributed by atoms with Crippen LogP contribution in [0.2, 0.25) is 0 Å². The molecule has 4 heteroatoms. The summed E-state index contributed by atoms with van der Waals surface area (Å²) in [5.74, 6) is 6.05. The van der Waals surface area contributed by atoms with Gasteiger partial charge in [-0.25, -0.2) is 9.59 Å². The second kappa shape index (κ2) is 20.4. The van der Waals surface area contributed by atoms with E-state index in [-0.39, 0.29) is 35.0 Å². The number of ether oxygens (including phenoxy) is 2. The lowest BCUT2D eigenvalue weighted by Crippen LogP contribution is -2.50. The average molecular weight is 881 g/mol. The Bertz CT molecular complexity index is 1610. The molecule has 0 spiro atoms. The average Bonchev–Trinajstić information content (AvgIpc) is 3.81. The molecule has 0 radical (unpaired) electrons. The van der Waals surface area contributed by atoms with E-state index in [9.17, 15) is 9.59 Å². The molecule has 14 atom stereocenters. The van der Waals surface area contributed by atoms with Crippen LogP contribution in [-0.4, -0.2) is 24.1 Å². The highest BCUT2D eigenvalue weighted by Crippen LogP contribution is 2.68. The molecule has 0 aromatic rings. The van der Waals surface area contributed by atoms with E-state index in [1.54, 1.807) is 25.0 Å². The molecule has 0 amide bonds. The van der Waals surface area contributed by atoms with Crippen molar-refractivity contribution in [3.8, 4) is 0 Å². The van der Waals surface area contributed by atoms with Crippen molar-refractivity contribution < 1.29 is 19.1 Å². The first kappa shape index (κ1) is 48.6. The monoisotopic (exact) mass is 881 g/mol. The molecule has 6 saturated carbocycles. The number of esters is 2. The van der Waals surface area contributed by atoms with E-state index in [1.807, 2.05) is 0 Å². The minimum absolute atomic E-state index is 0.115. The molecule has 0 bridgehead atoms. The van der Waals surface area contributed by atoms with Crippen LogP contribution in [0, 0.1) is 69.0 Å². The van der Waals surface area contributed by atoms with E-state index >= 15 is 0 Å². The van der Waals surface area contributed by atoms with Crippen LogP contribution >= 0.6 is 0 Å². The third-order valence-electron chi connectivity index (χ3n) is 22.0. The van der Waals surface area contributed by atoms with Gasteiger partial charge in [0.1, 0.15) is 12.2 Å². The lowest BCUT2D eigenvalue weighted by molar-refractivity contribution is -0.150. The lowest BCUT2D eigenvalue weighted by atomic mass is 9.47. The Morgan fingerprint density at radius 2 is 0.891 bits per heavy atom. The van der Waals surface area contributed by atoms with Gasteiger partial charge in [0, 0.05) is 24.0 Å². The van der Waals surface area contributed by atoms with Gasteiger partial charge in [0.05, 0.1) is 0 Å². The molecular weight excluding hydrogens is 785 g/mol. The highest BCUT2D eigenvalue weighted by molar-refractivity contribution is 5.99. The van der Waals surface area contributed by atoms with E-state index in [2.05, 4.69) is 53.7 Å². The Morgan fingerprint density at radius 1 is 0.500 bits per heavy atom. The van der Waals surface area contributed by atoms with Gasteiger partial charge in [0.2, 0.25) is 0 Å². The van der Waals surface area contributed by atoms with E-state index in [1.165, 1.54) is 154 Å². The van der Waals surface area contributed by atoms with Crippen LogP contribution in [0.5, 0.6) is 0 Å². The summed E-state index contributed by atoms with van der Waals surface area (Å²) in [7, 11) is 0. The van der Waals surface area contributed by atoms with E-state index in [4.69, 9.17) is 9.47 Å². The summed E-state index contributed by atoms with van der Waals surface area (Å²) in [6.45, 7) is 18.7. The van der Waals surface area contributed by atoms with Crippen LogP contribution in [0.1, 0.15) is 248 Å². The smallest absolute Gasteiger partial charge is 0.334 e. The zero-order valence-electron chi connectivity index (χ0n) is 42.8. The number of hydrogen-bond donors (Lipinski definition) is 0. The number of carbonyl (C=O) groups is 2. The molecule has 0 heterocycles. The first-order valence-corrected chi connectivity index (χ1v) is 28.2. The second-order valence-corrected chi connectivity index (χ2v) is 25.1. The summed E-state index contributed by atoms with van der Waals surface area (Å²) in [4.78, 5) is 27.4. The molecular formula is C60H96O4. The van der Waals surface area contributed by atoms with Crippen molar-refractivity contribution in [2.75, 3.05) is 0 Å². The van der Waals surface area contributed by atoms with Crippen molar-refractivity contribution in [2.24, 2.45) is 69.0 Å². The highest BCUT2D eigenvalue weighted by Gasteiger charge is 2.60. The van der Waals surface area contributed by atoms with Gasteiger partial charge in [-0.2, -0.15) is 0 Å². The fourth-order valence-electron chi connectivity index (χ4n) is 17.8. The maximum atomic E-state index is 13.7. The van der Waals surface area contributed by atoms with E-state index in [0.29, 0.717) is 22.0 Å². The molecule has 0 aliphatic heterocycles. The molecule has 4 nitrogen and oxygen atoms in total. The Hall–Kier alpha value is -1.84. The van der Waals surface area contributed by atoms with Crippen molar-refractivity contribution in [2.45, 2.75) is 260 Å². The molecule has 0 aromatic heterocycles. The molecule has 8 rings (SSSR count). The summed E-state index contributed by atoms with van der Waals surface area (Å²) in [5.41, 5.74) is 5.43. The van der Waals surface area contributed by atoms with Gasteiger partial charge >= 0.3 is 11.9 Å². The Balaban J connectivity index is 0.815. The van der Waals surface area contributed by atoms with Crippen molar-refractivity contribution in [3.63, 3.8) is 0 Å². The third-order valence-corrected chi connectivity index (χ3v) is 22.0. The molecule has 64 heavy (non-hydrogen) atoms. The Kier molecular flexibility index (Phi) is 15.5. The number of carbonyl (C=O) groups excluding carboxylic acids is 2. The van der Waals surface area contributed by atoms with Crippen LogP contribution in [0.3, 0.4) is 0 Å². The number of hydrogen-bond acceptors (Lipinski definition) is 4. The molecule has 6 fully saturated rings. The first-order valence-electron chi connectivity index (χ1n) is 28.2. The van der Waals surface area contributed by atoms with E-state index in [0.717, 1.165) is 85.9 Å². The van der Waals surface area contributed by atoms with Gasteiger partial charge in [0.25, 0.3) is 0 Å². The van der Waals surface area contributed by atoms with Gasteiger partial charge < -0.3 is 9.47 Å². The number of unbranched alkanes of at least 4 members (excludes halogenated alkanes) is 10. The van der Waals surface area contributed by atoms with Crippen LogP contribution < -0.4 is 0 Å². The summed E-state index contributed by atoms with van der Waals surface area (Å²) < 4.78 is 12.5. The molecule has 0 unspecified atom stereocenters. The molecule has 8 aliphatic rings. The maximum Gasteiger partial charge on any atom is 0.334 e. The van der Waals surface area contributed by atoms with Gasteiger partial charge in [0.15, 0.2) is 0 Å². The standard InChI is InChI=1S/C60H96O4/c1-9-11-13-15-17-19-21-43-25-29-51-49-27-23-45-39-47(31-35-59(45,7)53(49)33-37-57(43,51)5)63-55(61)41(3)42(4)56(62)64-48-32-36-60(8)46(40-48)24-28-50-52-30-26-44(22-20-18-16-14-12-10-2)58(52,6)38-34-54(50)60/h23-24,43-44,47-54H,9-22,25-40H2,1-8H3/b42-41+/t43-,44-,47-,48+,49+,50+,51-,52-,53+,54+,57+,58-,59-,60+/m1/s1. The largest absolute Gasteiger partial charge is 0.459 e. The van der Waals surface area contributed by atoms with Gasteiger partial charge in [-0.1, -0.05) is 142 Å². The highest BCUT2D eigenvalue weighted by atomic mass is 16.5. The van der Waals surface area contributed by atoms with Gasteiger partial charge in [-0.05, 0) is 186 Å². The predicted octanol–water partition coefficient (Wildman–Crippen LogP) is 16.8. The number of allylic oxidation sites excluding steroid dienone is 2. The SMILES string of the molecule is CCCCCCCC[C@@H]1CC[C@@H]2[C@@H]3CC=C4C[C@H](OC(=O)/C(C)=C(\C)C(=O)O[C@H]5CC[C@@]6(C)C(=CC[C@H]7[C@H]8CC[C@@H](CCCCCCCC)[C@@]8(C)CC[C@@H]76)C5)CC[C@@]4(C)[C@H]3CC[C@@]12C. The first-order chi connectivity index (χ1) is 30.8. The fraction of sp³-hybridized carbons (Fsp3) is 0.867. The molecule has 360 valence electrons. The minimum atomic E-state index is -0.337. The molecule has 0 N–H and O–H groups in total. The minimum Gasteiger partial charge on any atom is -0.459 e. The third kappa shape index (κ3) is 9.34. The fourth-order valence-corrected chi connectivity index (χ4v) is 17.8. The van der Waals surface area contributed by atoms with Crippen molar-refractivity contribution in [1.82, 2.24) is 0 Å². The van der Waals surface area contributed by atoms with E-state index < -0.39 is 0 Å². The second-order valence-electron chi connectivity index (χ2n) is 25.1. The van der Waals surface area contributed by atoms with Crippen LogP contribution in [-0.2, 0) is 19.1 Å². The van der Waals surface area contributed by atoms with Crippen molar-refractivity contribution in [1.29, 1.82) is 0 Å². The maximum absolute atomic E-state index is 13.7. The lowest BCUT2D eigenvalue weighted by Gasteiger charge is -2.58. The summed E-state index contributed by atoms with van der Waals surface area (Å²) >= 11 is 0. The summed E-state index contributed by atoms with van der Waals surface area (Å²) in [6.07, 6.45) is 44.2. The van der Waals surface area contributed by atoms with Crippen LogP contribution in [0.15, 0.2) is 34.4 Å². The summed E-state index contributed by atoms with van der Waals surface area (Å²) in [5, 5.41) is 0. The molecule has 0 saturated heterocycles. The van der Waals surface area contributed by atoms with Crippen LogP contribution in [0.4, 0.5) is 0 Å². The topological polar surface area (TPSA) is 52.6 Å². The predicted molar refractivity (Wildman–Crippen MR) is 265 cm³/mol. The zero-order chi connectivity index (χ0) is 45.3. The van der Waals surface area contributed by atoms with Crippen LogP contribution in [0.25, 0.3) is 0 Å². The molecule has 0 aromatic carbocycles. The zero-order valence-corrected chi connectivity index (χ0v) is 42.8. The Labute approximate surface area is 393 Å². The molecule has 8 aliphatic carbocycles. The quantitative estimate of drug-likeness (QED) is 0.0596. The van der Waals surface area contributed by atoms with Crippen molar-refractivity contribution >= 4 is 11.9 Å². The Morgan fingerprint density at radius 3 is 1.30 bits per heavy atom. The van der Waals surface area contributed by atoms with Gasteiger partial charge in [-0.15, -0.1) is 0 Å². The van der Waals surface area contributed by atoms with Gasteiger partial charge in [-0.3, -0.25) is 0 Å².